The molecular weight excluding hydrogens is 254 g/mol. The Morgan fingerprint density at radius 3 is 2.93 bits per heavy atom. The van der Waals surface area contributed by atoms with E-state index in [2.05, 4.69) is 52.3 Å². The van der Waals surface area contributed by atoms with Gasteiger partial charge in [-0.05, 0) is 55.9 Å². The van der Waals surface area contributed by atoms with Gasteiger partial charge in [-0.15, -0.1) is 0 Å². The van der Waals surface area contributed by atoms with E-state index in [-0.39, 0.29) is 0 Å². The summed E-state index contributed by atoms with van der Waals surface area (Å²) in [5.41, 5.74) is 1.14. The number of rotatable bonds is 5. The molecule has 4 heteroatoms. The molecule has 0 aliphatic rings. The highest BCUT2D eigenvalue weighted by Gasteiger charge is 2.07. The molecule has 0 aliphatic heterocycles. The lowest BCUT2D eigenvalue weighted by molar-refractivity contribution is 0.528. The fourth-order valence-corrected chi connectivity index (χ4v) is 1.75. The topological polar surface area (TPSA) is 29.9 Å². The Kier molecular flexibility index (Phi) is 5.05. The predicted molar refractivity (Wildman–Crippen MR) is 67.9 cm³/mol. The number of nitrogens with one attached hydrogen (secondary N) is 1. The quantitative estimate of drug-likeness (QED) is 0.835. The molecule has 0 radical (unpaired) electrons. The molecule has 0 unspecified atom stereocenters. The molecule has 0 aromatic carbocycles. The highest BCUT2D eigenvalue weighted by molar-refractivity contribution is 9.10. The summed E-state index contributed by atoms with van der Waals surface area (Å²) < 4.78 is 3.07. The van der Waals surface area contributed by atoms with E-state index in [9.17, 15) is 0 Å². The van der Waals surface area contributed by atoms with E-state index in [1.165, 1.54) is 0 Å². The predicted octanol–water partition coefficient (Wildman–Crippen LogP) is 2.85. The van der Waals surface area contributed by atoms with E-state index in [0.717, 1.165) is 23.1 Å². The summed E-state index contributed by atoms with van der Waals surface area (Å²) in [6.45, 7) is 5.26. The average molecular weight is 272 g/mol. The van der Waals surface area contributed by atoms with Crippen molar-refractivity contribution in [2.75, 3.05) is 13.6 Å². The van der Waals surface area contributed by atoms with Crippen LogP contribution in [0.2, 0.25) is 0 Å². The molecule has 84 valence electrons. The molecule has 1 N–H and O–H groups in total. The van der Waals surface area contributed by atoms with E-state index < -0.39 is 0 Å². The molecule has 0 amide bonds. The molecular formula is C11H18BrN3. The summed E-state index contributed by atoms with van der Waals surface area (Å²) in [5, 5.41) is 7.43. The van der Waals surface area contributed by atoms with Gasteiger partial charge in [0, 0.05) is 6.04 Å². The van der Waals surface area contributed by atoms with Crippen molar-refractivity contribution in [2.24, 2.45) is 0 Å². The van der Waals surface area contributed by atoms with Crippen LogP contribution in [0, 0.1) is 0 Å². The van der Waals surface area contributed by atoms with Crippen molar-refractivity contribution in [1.82, 2.24) is 15.1 Å². The van der Waals surface area contributed by atoms with E-state index >= 15 is 0 Å². The highest BCUT2D eigenvalue weighted by Crippen LogP contribution is 2.20. The highest BCUT2D eigenvalue weighted by atomic mass is 79.9. The molecule has 0 spiro atoms. The second-order valence-electron chi connectivity index (χ2n) is 3.71. The van der Waals surface area contributed by atoms with Crippen molar-refractivity contribution in [2.45, 2.75) is 26.3 Å². The summed E-state index contributed by atoms with van der Waals surface area (Å²) >= 11 is 3.50. The maximum atomic E-state index is 4.32. The van der Waals surface area contributed by atoms with E-state index in [1.54, 1.807) is 0 Å². The van der Waals surface area contributed by atoms with Crippen molar-refractivity contribution in [3.05, 3.63) is 22.4 Å². The van der Waals surface area contributed by atoms with Crippen LogP contribution in [0.25, 0.3) is 6.08 Å². The van der Waals surface area contributed by atoms with Crippen molar-refractivity contribution < 1.29 is 0 Å². The van der Waals surface area contributed by atoms with Gasteiger partial charge in [0.15, 0.2) is 0 Å². The van der Waals surface area contributed by atoms with Crippen LogP contribution in [-0.4, -0.2) is 23.4 Å². The van der Waals surface area contributed by atoms with Crippen LogP contribution in [0.4, 0.5) is 0 Å². The first-order chi connectivity index (χ1) is 7.16. The van der Waals surface area contributed by atoms with Crippen LogP contribution >= 0.6 is 15.9 Å². The second kappa shape index (κ2) is 6.08. The summed E-state index contributed by atoms with van der Waals surface area (Å²) in [4.78, 5) is 0. The van der Waals surface area contributed by atoms with Crippen molar-refractivity contribution in [3.63, 3.8) is 0 Å². The molecule has 1 rings (SSSR count). The molecule has 15 heavy (non-hydrogen) atoms. The van der Waals surface area contributed by atoms with Gasteiger partial charge in [-0.3, -0.25) is 4.68 Å². The first-order valence-electron chi connectivity index (χ1n) is 5.21. The molecule has 3 nitrogen and oxygen atoms in total. The Hall–Kier alpha value is -0.610. The lowest BCUT2D eigenvalue weighted by Crippen LogP contribution is -2.06. The maximum absolute atomic E-state index is 4.32. The third-order valence-corrected chi connectivity index (χ3v) is 2.72. The molecule has 0 atom stereocenters. The Morgan fingerprint density at radius 2 is 2.33 bits per heavy atom. The zero-order valence-electron chi connectivity index (χ0n) is 9.50. The molecule has 1 aromatic heterocycles. The zero-order valence-corrected chi connectivity index (χ0v) is 11.1. The van der Waals surface area contributed by atoms with Crippen LogP contribution < -0.4 is 5.32 Å². The van der Waals surface area contributed by atoms with Gasteiger partial charge in [0.05, 0.1) is 16.4 Å². The zero-order chi connectivity index (χ0) is 11.3. The number of hydrogen-bond acceptors (Lipinski definition) is 2. The van der Waals surface area contributed by atoms with Gasteiger partial charge in [0.2, 0.25) is 0 Å². The Labute approximate surface area is 99.7 Å². The lowest BCUT2D eigenvalue weighted by atomic mass is 10.3. The van der Waals surface area contributed by atoms with Gasteiger partial charge in [-0.2, -0.15) is 5.10 Å². The summed E-state index contributed by atoms with van der Waals surface area (Å²) in [6.07, 6.45) is 7.16. The lowest BCUT2D eigenvalue weighted by Gasteiger charge is -2.08. The maximum Gasteiger partial charge on any atom is 0.0752 e. The minimum atomic E-state index is 0.389. The number of hydrogen-bond donors (Lipinski definition) is 1. The van der Waals surface area contributed by atoms with Crippen LogP contribution in [0.3, 0.4) is 0 Å². The second-order valence-corrected chi connectivity index (χ2v) is 4.56. The molecule has 1 heterocycles. The molecule has 0 aliphatic carbocycles. The first-order valence-corrected chi connectivity index (χ1v) is 6.00. The molecule has 1 aromatic rings. The van der Waals surface area contributed by atoms with Crippen molar-refractivity contribution in [1.29, 1.82) is 0 Å². The third-order valence-electron chi connectivity index (χ3n) is 2.11. The van der Waals surface area contributed by atoms with Gasteiger partial charge in [-0.1, -0.05) is 6.08 Å². The summed E-state index contributed by atoms with van der Waals surface area (Å²) in [7, 11) is 1.96. The summed E-state index contributed by atoms with van der Waals surface area (Å²) in [5.74, 6) is 0. The molecule has 0 bridgehead atoms. The Morgan fingerprint density at radius 1 is 1.60 bits per heavy atom. The van der Waals surface area contributed by atoms with Gasteiger partial charge in [-0.25, -0.2) is 0 Å². The first kappa shape index (κ1) is 12.5. The Balaban J connectivity index is 2.74. The number of halogens is 1. The van der Waals surface area contributed by atoms with E-state index in [4.69, 9.17) is 0 Å². The SMILES string of the molecule is CNCC/C=C/c1c(Br)cnn1C(C)C. The molecule has 0 saturated heterocycles. The average Bonchev–Trinajstić information content (AvgIpc) is 2.55. The Bertz CT molecular complexity index is 329. The molecule has 0 fully saturated rings. The minimum Gasteiger partial charge on any atom is -0.319 e. The van der Waals surface area contributed by atoms with E-state index in [0.29, 0.717) is 6.04 Å². The van der Waals surface area contributed by atoms with Crippen molar-refractivity contribution >= 4 is 22.0 Å². The minimum absolute atomic E-state index is 0.389. The number of aromatic nitrogens is 2. The van der Waals surface area contributed by atoms with Crippen LogP contribution in [-0.2, 0) is 0 Å². The standard InChI is InChI=1S/C11H18BrN3/c1-9(2)15-11(10(12)8-14-15)6-4-5-7-13-3/h4,6,8-9,13H,5,7H2,1-3H3/b6-4+. The normalized spacial score (nSPS) is 11.8. The largest absolute Gasteiger partial charge is 0.319 e. The van der Waals surface area contributed by atoms with Gasteiger partial charge in [0.1, 0.15) is 0 Å². The van der Waals surface area contributed by atoms with Crippen molar-refractivity contribution in [3.8, 4) is 0 Å². The van der Waals surface area contributed by atoms with Gasteiger partial charge >= 0.3 is 0 Å². The third kappa shape index (κ3) is 3.47. The monoisotopic (exact) mass is 271 g/mol. The van der Waals surface area contributed by atoms with Crippen LogP contribution in [0.1, 0.15) is 32.0 Å². The van der Waals surface area contributed by atoms with Gasteiger partial charge < -0.3 is 5.32 Å². The van der Waals surface area contributed by atoms with E-state index in [1.807, 2.05) is 17.9 Å². The fourth-order valence-electron chi connectivity index (χ4n) is 1.34. The summed E-state index contributed by atoms with van der Waals surface area (Å²) in [6, 6.07) is 0.389. The van der Waals surface area contributed by atoms with Gasteiger partial charge in [0.25, 0.3) is 0 Å². The molecule has 0 saturated carbocycles. The van der Waals surface area contributed by atoms with Crippen LogP contribution in [0.15, 0.2) is 16.7 Å². The number of nitrogens with zero attached hydrogens (tertiary/aromatic N) is 2. The van der Waals surface area contributed by atoms with Crippen LogP contribution in [0.5, 0.6) is 0 Å². The fraction of sp³-hybridized carbons (Fsp3) is 0.545. The smallest absolute Gasteiger partial charge is 0.0752 e.